The van der Waals surface area contributed by atoms with Crippen molar-refractivity contribution in [2.75, 3.05) is 6.61 Å². The average molecular weight is 305 g/mol. The second kappa shape index (κ2) is 4.26. The third kappa shape index (κ3) is 1.92. The van der Waals surface area contributed by atoms with Crippen molar-refractivity contribution in [3.8, 4) is 5.75 Å². The lowest BCUT2D eigenvalue weighted by Gasteiger charge is -2.11. The standard InChI is InChI=1S/C11H11BrClNO2/c1-5-4-16-10-7(11(15)14-5)3-8(12)6(2)9(10)13/h3,5H,4H2,1-2H3,(H,14,15)/t5-/m1/s1. The Kier molecular flexibility index (Phi) is 3.13. The Morgan fingerprint density at radius 1 is 1.62 bits per heavy atom. The summed E-state index contributed by atoms with van der Waals surface area (Å²) in [5.74, 6) is 0.326. The number of halogens is 2. The molecule has 0 saturated heterocycles. The Balaban J connectivity index is 2.60. The molecule has 0 bridgehead atoms. The molecule has 2 rings (SSSR count). The Labute approximate surface area is 107 Å². The number of hydrogen-bond donors (Lipinski definition) is 1. The number of hydrogen-bond acceptors (Lipinski definition) is 2. The van der Waals surface area contributed by atoms with E-state index in [1.165, 1.54) is 0 Å². The van der Waals surface area contributed by atoms with Crippen LogP contribution >= 0.6 is 27.5 Å². The number of rotatable bonds is 0. The number of carbonyl (C=O) groups is 1. The van der Waals surface area contributed by atoms with Crippen molar-refractivity contribution in [1.82, 2.24) is 5.32 Å². The van der Waals surface area contributed by atoms with E-state index in [0.717, 1.165) is 10.0 Å². The second-order valence-electron chi connectivity index (χ2n) is 3.86. The molecule has 1 N–H and O–H groups in total. The fourth-order valence-corrected chi connectivity index (χ4v) is 2.35. The lowest BCUT2D eigenvalue weighted by atomic mass is 10.1. The second-order valence-corrected chi connectivity index (χ2v) is 5.09. The summed E-state index contributed by atoms with van der Waals surface area (Å²) in [6.07, 6.45) is 0. The van der Waals surface area contributed by atoms with Crippen molar-refractivity contribution in [3.05, 3.63) is 26.7 Å². The van der Waals surface area contributed by atoms with E-state index in [1.54, 1.807) is 6.07 Å². The smallest absolute Gasteiger partial charge is 0.255 e. The van der Waals surface area contributed by atoms with Gasteiger partial charge in [-0.25, -0.2) is 0 Å². The predicted octanol–water partition coefficient (Wildman–Crippen LogP) is 2.92. The summed E-state index contributed by atoms with van der Waals surface area (Å²) >= 11 is 9.54. The molecule has 3 nitrogen and oxygen atoms in total. The largest absolute Gasteiger partial charge is 0.489 e. The van der Waals surface area contributed by atoms with E-state index >= 15 is 0 Å². The zero-order valence-electron chi connectivity index (χ0n) is 8.93. The van der Waals surface area contributed by atoms with Crippen LogP contribution in [0.4, 0.5) is 0 Å². The van der Waals surface area contributed by atoms with Gasteiger partial charge in [0.05, 0.1) is 16.6 Å². The van der Waals surface area contributed by atoms with Gasteiger partial charge >= 0.3 is 0 Å². The molecule has 0 spiro atoms. The third-order valence-electron chi connectivity index (χ3n) is 2.50. The van der Waals surface area contributed by atoms with E-state index < -0.39 is 0 Å². The van der Waals surface area contributed by atoms with Gasteiger partial charge in [0, 0.05) is 4.47 Å². The van der Waals surface area contributed by atoms with Crippen LogP contribution in [-0.4, -0.2) is 18.6 Å². The maximum atomic E-state index is 11.9. The first kappa shape index (κ1) is 11.7. The highest BCUT2D eigenvalue weighted by atomic mass is 79.9. The van der Waals surface area contributed by atoms with Crippen LogP contribution in [0.5, 0.6) is 5.75 Å². The van der Waals surface area contributed by atoms with Crippen LogP contribution in [0.3, 0.4) is 0 Å². The zero-order valence-corrected chi connectivity index (χ0v) is 11.3. The normalized spacial score (nSPS) is 19.5. The van der Waals surface area contributed by atoms with Crippen LogP contribution in [0, 0.1) is 6.92 Å². The molecule has 1 aromatic rings. The Morgan fingerprint density at radius 3 is 3.00 bits per heavy atom. The molecule has 86 valence electrons. The minimum Gasteiger partial charge on any atom is -0.489 e. The topological polar surface area (TPSA) is 38.3 Å². The van der Waals surface area contributed by atoms with Gasteiger partial charge < -0.3 is 10.1 Å². The van der Waals surface area contributed by atoms with Crippen LogP contribution in [0.25, 0.3) is 0 Å². The quantitative estimate of drug-likeness (QED) is 0.800. The molecule has 0 fully saturated rings. The highest BCUT2D eigenvalue weighted by Gasteiger charge is 2.24. The fourth-order valence-electron chi connectivity index (χ4n) is 1.56. The number of nitrogens with one attached hydrogen (secondary N) is 1. The van der Waals surface area contributed by atoms with Crippen molar-refractivity contribution < 1.29 is 9.53 Å². The SMILES string of the molecule is Cc1c(Br)cc2c(c1Cl)OC[C@@H](C)NC2=O. The zero-order chi connectivity index (χ0) is 11.9. The minimum absolute atomic E-state index is 0.0185. The summed E-state index contributed by atoms with van der Waals surface area (Å²) in [4.78, 5) is 11.9. The maximum absolute atomic E-state index is 11.9. The van der Waals surface area contributed by atoms with E-state index in [4.69, 9.17) is 16.3 Å². The first-order chi connectivity index (χ1) is 7.50. The Bertz CT molecular complexity index is 462. The molecule has 1 heterocycles. The van der Waals surface area contributed by atoms with Crippen molar-refractivity contribution in [3.63, 3.8) is 0 Å². The van der Waals surface area contributed by atoms with Crippen molar-refractivity contribution in [2.24, 2.45) is 0 Å². The highest BCUT2D eigenvalue weighted by Crippen LogP contribution is 2.37. The van der Waals surface area contributed by atoms with E-state index in [-0.39, 0.29) is 11.9 Å². The molecule has 1 amide bonds. The van der Waals surface area contributed by atoms with Gasteiger partial charge in [0.1, 0.15) is 6.61 Å². The maximum Gasteiger partial charge on any atom is 0.255 e. The number of amides is 1. The number of fused-ring (bicyclic) bond motifs is 1. The molecule has 0 saturated carbocycles. The van der Waals surface area contributed by atoms with Gasteiger partial charge in [-0.1, -0.05) is 27.5 Å². The van der Waals surface area contributed by atoms with Crippen molar-refractivity contribution in [2.45, 2.75) is 19.9 Å². The van der Waals surface area contributed by atoms with E-state index in [9.17, 15) is 4.79 Å². The molecule has 1 aliphatic rings. The summed E-state index contributed by atoms with van der Waals surface area (Å²) in [6, 6.07) is 1.72. The van der Waals surface area contributed by atoms with E-state index in [0.29, 0.717) is 22.9 Å². The lowest BCUT2D eigenvalue weighted by molar-refractivity contribution is 0.0942. The average Bonchev–Trinajstić information content (AvgIpc) is 2.36. The van der Waals surface area contributed by atoms with Crippen molar-refractivity contribution in [1.29, 1.82) is 0 Å². The Morgan fingerprint density at radius 2 is 2.31 bits per heavy atom. The van der Waals surface area contributed by atoms with Gasteiger partial charge in [0.2, 0.25) is 0 Å². The van der Waals surface area contributed by atoms with Gasteiger partial charge in [-0.05, 0) is 25.5 Å². The van der Waals surface area contributed by atoms with Crippen LogP contribution < -0.4 is 10.1 Å². The first-order valence-corrected chi connectivity index (χ1v) is 6.10. The summed E-state index contributed by atoms with van der Waals surface area (Å²) < 4.78 is 6.37. The van der Waals surface area contributed by atoms with E-state index in [2.05, 4.69) is 21.2 Å². The third-order valence-corrected chi connectivity index (χ3v) is 3.78. The van der Waals surface area contributed by atoms with Crippen LogP contribution in [0.1, 0.15) is 22.8 Å². The van der Waals surface area contributed by atoms with Gasteiger partial charge in [-0.15, -0.1) is 0 Å². The van der Waals surface area contributed by atoms with Crippen LogP contribution in [0.15, 0.2) is 10.5 Å². The summed E-state index contributed by atoms with van der Waals surface area (Å²) in [6.45, 7) is 4.20. The summed E-state index contributed by atoms with van der Waals surface area (Å²) in [5, 5.41) is 3.32. The molecular weight excluding hydrogens is 293 g/mol. The van der Waals surface area contributed by atoms with Crippen molar-refractivity contribution >= 4 is 33.4 Å². The molecule has 1 atom stereocenters. The molecular formula is C11H11BrClNO2. The lowest BCUT2D eigenvalue weighted by Crippen LogP contribution is -2.33. The number of carbonyl (C=O) groups excluding carboxylic acids is 1. The minimum atomic E-state index is -0.150. The van der Waals surface area contributed by atoms with Crippen LogP contribution in [-0.2, 0) is 0 Å². The highest BCUT2D eigenvalue weighted by molar-refractivity contribution is 9.10. The molecule has 1 aromatic carbocycles. The summed E-state index contributed by atoms with van der Waals surface area (Å²) in [5.41, 5.74) is 1.36. The van der Waals surface area contributed by atoms with Gasteiger partial charge in [0.25, 0.3) is 5.91 Å². The fraction of sp³-hybridized carbons (Fsp3) is 0.364. The number of benzene rings is 1. The Hall–Kier alpha value is -0.740. The molecule has 5 heteroatoms. The van der Waals surface area contributed by atoms with Gasteiger partial charge in [-0.2, -0.15) is 0 Å². The van der Waals surface area contributed by atoms with Crippen LogP contribution in [0.2, 0.25) is 5.02 Å². The monoisotopic (exact) mass is 303 g/mol. The van der Waals surface area contributed by atoms with Gasteiger partial charge in [-0.3, -0.25) is 4.79 Å². The summed E-state index contributed by atoms with van der Waals surface area (Å²) in [7, 11) is 0. The predicted molar refractivity (Wildman–Crippen MR) is 66.3 cm³/mol. The number of ether oxygens (including phenoxy) is 1. The molecule has 1 aliphatic heterocycles. The molecule has 0 unspecified atom stereocenters. The first-order valence-electron chi connectivity index (χ1n) is 4.93. The van der Waals surface area contributed by atoms with Gasteiger partial charge in [0.15, 0.2) is 5.75 Å². The molecule has 0 aromatic heterocycles. The molecule has 0 radical (unpaired) electrons. The molecule has 0 aliphatic carbocycles. The van der Waals surface area contributed by atoms with E-state index in [1.807, 2.05) is 13.8 Å². The molecule has 16 heavy (non-hydrogen) atoms.